The first-order chi connectivity index (χ1) is 12.0. The van der Waals surface area contributed by atoms with E-state index in [9.17, 15) is 14.4 Å². The Balaban J connectivity index is 1.67. The van der Waals surface area contributed by atoms with Crippen molar-refractivity contribution in [2.45, 2.75) is 57.9 Å². The highest BCUT2D eigenvalue weighted by Gasteiger charge is 2.23. The zero-order valence-electron chi connectivity index (χ0n) is 14.6. The van der Waals surface area contributed by atoms with Crippen LogP contribution in [0.5, 0.6) is 0 Å². The molecule has 0 bridgehead atoms. The van der Waals surface area contributed by atoms with Crippen molar-refractivity contribution >= 4 is 29.1 Å². The third-order valence-corrected chi connectivity index (χ3v) is 4.98. The zero-order chi connectivity index (χ0) is 17.8. The highest BCUT2D eigenvalue weighted by Crippen LogP contribution is 2.27. The van der Waals surface area contributed by atoms with E-state index in [0.29, 0.717) is 18.7 Å². The third kappa shape index (κ3) is 4.18. The summed E-state index contributed by atoms with van der Waals surface area (Å²) in [5.74, 6) is -1.15. The maximum absolute atomic E-state index is 12.2. The second kappa shape index (κ2) is 7.68. The molecule has 0 spiro atoms. The highest BCUT2D eigenvalue weighted by molar-refractivity contribution is 6.39. The molecular weight excluding hydrogens is 318 g/mol. The summed E-state index contributed by atoms with van der Waals surface area (Å²) in [7, 11) is 0. The van der Waals surface area contributed by atoms with Crippen molar-refractivity contribution in [3.8, 4) is 0 Å². The average molecular weight is 343 g/mol. The lowest BCUT2D eigenvalue weighted by Crippen LogP contribution is -2.40. The Morgan fingerprint density at radius 2 is 1.84 bits per heavy atom. The number of anilines is 2. The minimum absolute atomic E-state index is 0.108. The molecule has 0 unspecified atom stereocenters. The molecule has 0 aromatic heterocycles. The number of carbonyl (C=O) groups is 3. The van der Waals surface area contributed by atoms with Crippen molar-refractivity contribution in [1.82, 2.24) is 5.32 Å². The van der Waals surface area contributed by atoms with Gasteiger partial charge in [-0.3, -0.25) is 14.4 Å². The van der Waals surface area contributed by atoms with Crippen molar-refractivity contribution in [2.75, 3.05) is 16.8 Å². The summed E-state index contributed by atoms with van der Waals surface area (Å²) < 4.78 is 0. The van der Waals surface area contributed by atoms with Gasteiger partial charge in [-0.25, -0.2) is 0 Å². The lowest BCUT2D eigenvalue weighted by atomic mass is 10.1. The SMILES string of the molecule is Cc1ccc(NC(=O)C(=O)NC2CCCC2)cc1N1CCCCC1=O. The summed E-state index contributed by atoms with van der Waals surface area (Å²) in [6, 6.07) is 5.51. The van der Waals surface area contributed by atoms with Crippen LogP contribution in [0.4, 0.5) is 11.4 Å². The molecule has 25 heavy (non-hydrogen) atoms. The monoisotopic (exact) mass is 343 g/mol. The van der Waals surface area contributed by atoms with E-state index in [4.69, 9.17) is 0 Å². The molecule has 3 amide bonds. The van der Waals surface area contributed by atoms with E-state index in [0.717, 1.165) is 49.8 Å². The molecule has 6 nitrogen and oxygen atoms in total. The van der Waals surface area contributed by atoms with E-state index in [-0.39, 0.29) is 11.9 Å². The van der Waals surface area contributed by atoms with Gasteiger partial charge in [0.25, 0.3) is 0 Å². The number of hydrogen-bond donors (Lipinski definition) is 2. The van der Waals surface area contributed by atoms with Crippen LogP contribution in [-0.2, 0) is 14.4 Å². The molecule has 2 aliphatic rings. The molecule has 1 aromatic rings. The maximum Gasteiger partial charge on any atom is 0.313 e. The van der Waals surface area contributed by atoms with Crippen LogP contribution < -0.4 is 15.5 Å². The van der Waals surface area contributed by atoms with E-state index in [1.165, 1.54) is 0 Å². The normalized spacial score (nSPS) is 18.3. The van der Waals surface area contributed by atoms with Crippen molar-refractivity contribution in [3.05, 3.63) is 23.8 Å². The Labute approximate surface area is 148 Å². The first kappa shape index (κ1) is 17.5. The molecule has 3 rings (SSSR count). The Kier molecular flexibility index (Phi) is 5.36. The first-order valence-corrected chi connectivity index (χ1v) is 9.07. The minimum Gasteiger partial charge on any atom is -0.345 e. The molecule has 0 atom stereocenters. The van der Waals surface area contributed by atoms with Gasteiger partial charge in [0.1, 0.15) is 0 Å². The molecule has 2 fully saturated rings. The first-order valence-electron chi connectivity index (χ1n) is 9.07. The summed E-state index contributed by atoms with van der Waals surface area (Å²) in [4.78, 5) is 38.1. The van der Waals surface area contributed by atoms with E-state index in [1.807, 2.05) is 13.0 Å². The van der Waals surface area contributed by atoms with Gasteiger partial charge in [-0.1, -0.05) is 18.9 Å². The van der Waals surface area contributed by atoms with Crippen LogP contribution in [0.25, 0.3) is 0 Å². The van der Waals surface area contributed by atoms with Crippen molar-refractivity contribution < 1.29 is 14.4 Å². The number of piperidine rings is 1. The Hall–Kier alpha value is -2.37. The van der Waals surface area contributed by atoms with Gasteiger partial charge >= 0.3 is 11.8 Å². The summed E-state index contributed by atoms with van der Waals surface area (Å²) in [5, 5.41) is 5.43. The van der Waals surface area contributed by atoms with Crippen LogP contribution in [0.2, 0.25) is 0 Å². The lowest BCUT2D eigenvalue weighted by molar-refractivity contribution is -0.136. The topological polar surface area (TPSA) is 78.5 Å². The van der Waals surface area contributed by atoms with Crippen LogP contribution in [0.15, 0.2) is 18.2 Å². The molecule has 134 valence electrons. The number of nitrogens with zero attached hydrogens (tertiary/aromatic N) is 1. The van der Waals surface area contributed by atoms with E-state index in [2.05, 4.69) is 10.6 Å². The molecule has 1 aliphatic heterocycles. The number of rotatable bonds is 3. The average Bonchev–Trinajstić information content (AvgIpc) is 3.10. The van der Waals surface area contributed by atoms with Gasteiger partial charge in [0.2, 0.25) is 5.91 Å². The van der Waals surface area contributed by atoms with Crippen molar-refractivity contribution in [1.29, 1.82) is 0 Å². The van der Waals surface area contributed by atoms with Crippen LogP contribution >= 0.6 is 0 Å². The van der Waals surface area contributed by atoms with E-state index >= 15 is 0 Å². The Morgan fingerprint density at radius 3 is 2.56 bits per heavy atom. The smallest absolute Gasteiger partial charge is 0.313 e. The molecule has 1 heterocycles. The quantitative estimate of drug-likeness (QED) is 0.828. The van der Waals surface area contributed by atoms with Gasteiger partial charge in [-0.15, -0.1) is 0 Å². The Bertz CT molecular complexity index is 680. The number of hydrogen-bond acceptors (Lipinski definition) is 3. The van der Waals surface area contributed by atoms with Gasteiger partial charge < -0.3 is 15.5 Å². The van der Waals surface area contributed by atoms with Crippen LogP contribution in [-0.4, -0.2) is 30.3 Å². The fourth-order valence-electron chi connectivity index (χ4n) is 3.55. The fourth-order valence-corrected chi connectivity index (χ4v) is 3.55. The minimum atomic E-state index is -0.660. The predicted molar refractivity (Wildman–Crippen MR) is 96.4 cm³/mol. The van der Waals surface area contributed by atoms with E-state index < -0.39 is 11.8 Å². The number of benzene rings is 1. The van der Waals surface area contributed by atoms with Gasteiger partial charge in [0, 0.05) is 30.4 Å². The summed E-state index contributed by atoms with van der Waals surface area (Å²) >= 11 is 0. The van der Waals surface area contributed by atoms with Gasteiger partial charge in [0.15, 0.2) is 0 Å². The molecular formula is C19H25N3O3. The largest absolute Gasteiger partial charge is 0.345 e. The van der Waals surface area contributed by atoms with Crippen molar-refractivity contribution in [3.63, 3.8) is 0 Å². The van der Waals surface area contributed by atoms with Crippen LogP contribution in [0.1, 0.15) is 50.5 Å². The summed E-state index contributed by atoms with van der Waals surface area (Å²) in [6.45, 7) is 2.63. The molecule has 0 radical (unpaired) electrons. The lowest BCUT2D eigenvalue weighted by Gasteiger charge is -2.28. The number of carbonyl (C=O) groups excluding carboxylic acids is 3. The maximum atomic E-state index is 12.2. The number of amides is 3. The molecule has 2 N–H and O–H groups in total. The summed E-state index contributed by atoms with van der Waals surface area (Å²) in [6.07, 6.45) is 6.52. The van der Waals surface area contributed by atoms with E-state index in [1.54, 1.807) is 17.0 Å². The highest BCUT2D eigenvalue weighted by atomic mass is 16.2. The van der Waals surface area contributed by atoms with Crippen LogP contribution in [0.3, 0.4) is 0 Å². The summed E-state index contributed by atoms with van der Waals surface area (Å²) in [5.41, 5.74) is 2.31. The number of nitrogens with one attached hydrogen (secondary N) is 2. The zero-order valence-corrected chi connectivity index (χ0v) is 14.6. The standard InChI is InChI=1S/C19H25N3O3/c1-13-9-10-15(12-16(13)22-11-5-4-8-17(22)23)21-19(25)18(24)20-14-6-2-3-7-14/h9-10,12,14H,2-8,11H2,1H3,(H,20,24)(H,21,25). The van der Waals surface area contributed by atoms with Gasteiger partial charge in [-0.05, 0) is 50.3 Å². The molecule has 6 heteroatoms. The number of aryl methyl sites for hydroxylation is 1. The fraction of sp³-hybridized carbons (Fsp3) is 0.526. The second-order valence-electron chi connectivity index (χ2n) is 6.91. The molecule has 1 aliphatic carbocycles. The molecule has 1 aromatic carbocycles. The Morgan fingerprint density at radius 1 is 1.08 bits per heavy atom. The second-order valence-corrected chi connectivity index (χ2v) is 6.91. The molecule has 1 saturated carbocycles. The predicted octanol–water partition coefficient (Wildman–Crippen LogP) is 2.51. The molecule has 1 saturated heterocycles. The third-order valence-electron chi connectivity index (χ3n) is 4.98. The van der Waals surface area contributed by atoms with Crippen molar-refractivity contribution in [2.24, 2.45) is 0 Å². The van der Waals surface area contributed by atoms with Crippen LogP contribution in [0, 0.1) is 6.92 Å². The van der Waals surface area contributed by atoms with Gasteiger partial charge in [0.05, 0.1) is 0 Å². The van der Waals surface area contributed by atoms with Gasteiger partial charge in [-0.2, -0.15) is 0 Å².